The molecule has 0 aliphatic rings. The predicted molar refractivity (Wildman–Crippen MR) is 108 cm³/mol. The minimum Gasteiger partial charge on any atom is -0.365 e. The maximum Gasteiger partial charge on any atom is 0.228 e. The van der Waals surface area contributed by atoms with Crippen LogP contribution in [0.2, 0.25) is 0 Å². The molecule has 0 spiro atoms. The second-order valence-electron chi connectivity index (χ2n) is 7.66. The number of aromatic nitrogens is 8. The van der Waals surface area contributed by atoms with Crippen molar-refractivity contribution in [1.82, 2.24) is 39.3 Å². The molecule has 4 aromatic heterocycles. The lowest BCUT2D eigenvalue weighted by Crippen LogP contribution is -2.22. The lowest BCUT2D eigenvalue weighted by atomic mass is 10.2. The Kier molecular flexibility index (Phi) is 4.71. The van der Waals surface area contributed by atoms with Gasteiger partial charge < -0.3 is 10.1 Å². The fraction of sp³-hybridized carbons (Fsp3) is 0.368. The third-order valence-corrected chi connectivity index (χ3v) is 4.20. The molecule has 0 aliphatic carbocycles. The summed E-state index contributed by atoms with van der Waals surface area (Å²) in [6, 6.07) is 5.49. The number of nitrogens with zero attached hydrogens (tertiary/aromatic N) is 8. The first-order chi connectivity index (χ1) is 13.8. The first-order valence-corrected chi connectivity index (χ1v) is 9.27. The van der Waals surface area contributed by atoms with Gasteiger partial charge in [-0.05, 0) is 33.8 Å². The highest BCUT2D eigenvalue weighted by Gasteiger charge is 2.21. The molecule has 10 heteroatoms. The first-order valence-electron chi connectivity index (χ1n) is 9.27. The zero-order valence-corrected chi connectivity index (χ0v) is 17.0. The van der Waals surface area contributed by atoms with Gasteiger partial charge in [0.15, 0.2) is 11.5 Å². The molecular weight excluding hydrogens is 370 g/mol. The monoisotopic (exact) mass is 393 g/mol. The average molecular weight is 393 g/mol. The SMILES string of the molecule is C[C@H](OC(C)(C)C)c1nnc2cc(-c3ccnc(Nc4ccnn4C)n3)ncn12. The van der Waals surface area contributed by atoms with Gasteiger partial charge >= 0.3 is 0 Å². The summed E-state index contributed by atoms with van der Waals surface area (Å²) in [6.45, 7) is 7.98. The van der Waals surface area contributed by atoms with Gasteiger partial charge in [-0.1, -0.05) is 0 Å². The van der Waals surface area contributed by atoms with Crippen LogP contribution < -0.4 is 5.32 Å². The van der Waals surface area contributed by atoms with E-state index in [-0.39, 0.29) is 11.7 Å². The molecule has 4 aromatic rings. The Hall–Kier alpha value is -3.40. The van der Waals surface area contributed by atoms with Crippen molar-refractivity contribution in [2.24, 2.45) is 7.05 Å². The lowest BCUT2D eigenvalue weighted by molar-refractivity contribution is -0.0570. The molecule has 0 unspecified atom stereocenters. The van der Waals surface area contributed by atoms with Gasteiger partial charge in [0.25, 0.3) is 0 Å². The Morgan fingerprint density at radius 3 is 2.62 bits per heavy atom. The number of ether oxygens (including phenoxy) is 1. The molecule has 0 fully saturated rings. The summed E-state index contributed by atoms with van der Waals surface area (Å²) in [5.41, 5.74) is 1.75. The van der Waals surface area contributed by atoms with Crippen molar-refractivity contribution < 1.29 is 4.74 Å². The molecule has 0 bridgehead atoms. The maximum absolute atomic E-state index is 5.99. The van der Waals surface area contributed by atoms with Crippen LogP contribution in [0.25, 0.3) is 17.0 Å². The van der Waals surface area contributed by atoms with E-state index < -0.39 is 0 Å². The van der Waals surface area contributed by atoms with E-state index in [1.165, 1.54) is 0 Å². The summed E-state index contributed by atoms with van der Waals surface area (Å²) in [6.07, 6.45) is 4.86. The van der Waals surface area contributed by atoms with Gasteiger partial charge in [-0.15, -0.1) is 10.2 Å². The number of aryl methyl sites for hydroxylation is 1. The highest BCUT2D eigenvalue weighted by atomic mass is 16.5. The molecule has 1 N–H and O–H groups in total. The first kappa shape index (κ1) is 18.9. The molecule has 0 saturated heterocycles. The number of hydrogen-bond donors (Lipinski definition) is 1. The van der Waals surface area contributed by atoms with Gasteiger partial charge in [0.2, 0.25) is 5.95 Å². The van der Waals surface area contributed by atoms with E-state index in [9.17, 15) is 0 Å². The van der Waals surface area contributed by atoms with E-state index in [0.717, 1.165) is 5.82 Å². The van der Waals surface area contributed by atoms with E-state index in [4.69, 9.17) is 4.74 Å². The Morgan fingerprint density at radius 1 is 1.07 bits per heavy atom. The maximum atomic E-state index is 5.99. The van der Waals surface area contributed by atoms with Crippen LogP contribution in [0, 0.1) is 0 Å². The van der Waals surface area contributed by atoms with E-state index >= 15 is 0 Å². The van der Waals surface area contributed by atoms with Gasteiger partial charge in [0, 0.05) is 25.4 Å². The number of nitrogens with one attached hydrogen (secondary N) is 1. The second-order valence-corrected chi connectivity index (χ2v) is 7.66. The van der Waals surface area contributed by atoms with Crippen molar-refractivity contribution >= 4 is 17.4 Å². The minimum absolute atomic E-state index is 0.216. The normalized spacial score (nSPS) is 13.0. The average Bonchev–Trinajstić information content (AvgIpc) is 3.26. The molecule has 10 nitrogen and oxygen atoms in total. The van der Waals surface area contributed by atoms with E-state index in [2.05, 4.69) is 35.6 Å². The van der Waals surface area contributed by atoms with Crippen molar-refractivity contribution in [3.63, 3.8) is 0 Å². The van der Waals surface area contributed by atoms with Crippen LogP contribution >= 0.6 is 0 Å². The molecule has 4 heterocycles. The minimum atomic E-state index is -0.281. The van der Waals surface area contributed by atoms with Gasteiger partial charge in [0.05, 0.1) is 23.2 Å². The van der Waals surface area contributed by atoms with Gasteiger partial charge in [-0.3, -0.25) is 9.08 Å². The Bertz CT molecular complexity index is 1140. The van der Waals surface area contributed by atoms with E-state index in [1.807, 2.05) is 51.3 Å². The van der Waals surface area contributed by atoms with E-state index in [0.29, 0.717) is 28.8 Å². The van der Waals surface area contributed by atoms with Crippen LogP contribution in [0.1, 0.15) is 39.6 Å². The van der Waals surface area contributed by atoms with Crippen molar-refractivity contribution in [1.29, 1.82) is 0 Å². The zero-order chi connectivity index (χ0) is 20.6. The highest BCUT2D eigenvalue weighted by molar-refractivity contribution is 5.61. The summed E-state index contributed by atoms with van der Waals surface area (Å²) in [5, 5.41) is 15.8. The molecule has 0 aromatic carbocycles. The fourth-order valence-corrected chi connectivity index (χ4v) is 2.99. The van der Waals surface area contributed by atoms with Crippen molar-refractivity contribution in [2.75, 3.05) is 5.32 Å². The Morgan fingerprint density at radius 2 is 1.90 bits per heavy atom. The van der Waals surface area contributed by atoms with Crippen LogP contribution in [0.4, 0.5) is 11.8 Å². The topological polar surface area (TPSA) is 108 Å². The third kappa shape index (κ3) is 4.06. The Labute approximate surface area is 168 Å². The van der Waals surface area contributed by atoms with Gasteiger partial charge in [0.1, 0.15) is 18.2 Å². The summed E-state index contributed by atoms with van der Waals surface area (Å²) < 4.78 is 9.53. The van der Waals surface area contributed by atoms with Crippen LogP contribution in [0.15, 0.2) is 36.9 Å². The Balaban J connectivity index is 1.62. The number of hydrogen-bond acceptors (Lipinski definition) is 8. The van der Waals surface area contributed by atoms with Crippen LogP contribution in [0.3, 0.4) is 0 Å². The largest absolute Gasteiger partial charge is 0.365 e. The van der Waals surface area contributed by atoms with Crippen molar-refractivity contribution in [2.45, 2.75) is 39.4 Å². The van der Waals surface area contributed by atoms with Crippen LogP contribution in [-0.4, -0.2) is 44.9 Å². The fourth-order valence-electron chi connectivity index (χ4n) is 2.99. The molecule has 0 radical (unpaired) electrons. The summed E-state index contributed by atoms with van der Waals surface area (Å²) in [7, 11) is 1.84. The predicted octanol–water partition coefficient (Wildman–Crippen LogP) is 2.93. The summed E-state index contributed by atoms with van der Waals surface area (Å²) >= 11 is 0. The number of rotatable bonds is 5. The molecular formula is C19H23N9O. The van der Waals surface area contributed by atoms with Crippen LogP contribution in [0.5, 0.6) is 0 Å². The molecule has 0 aliphatic heterocycles. The zero-order valence-electron chi connectivity index (χ0n) is 17.0. The van der Waals surface area contributed by atoms with Gasteiger partial charge in [-0.2, -0.15) is 5.10 Å². The number of fused-ring (bicyclic) bond motifs is 1. The quantitative estimate of drug-likeness (QED) is 0.551. The van der Waals surface area contributed by atoms with Crippen LogP contribution in [-0.2, 0) is 11.8 Å². The molecule has 1 atom stereocenters. The molecule has 29 heavy (non-hydrogen) atoms. The van der Waals surface area contributed by atoms with E-state index in [1.54, 1.807) is 29.5 Å². The standard InChI is InChI=1S/C19H23N9O/c1-12(29-19(2,3)4)17-26-25-16-10-14(21-11-28(16)17)13-6-8-20-18(23-13)24-15-7-9-22-27(15)5/h6-12H,1-5H3,(H,20,23,24)/t12-/m0/s1. The smallest absolute Gasteiger partial charge is 0.228 e. The van der Waals surface area contributed by atoms with Crippen molar-refractivity contribution in [3.05, 3.63) is 42.7 Å². The molecule has 0 saturated carbocycles. The summed E-state index contributed by atoms with van der Waals surface area (Å²) in [5.74, 6) is 1.96. The lowest BCUT2D eigenvalue weighted by Gasteiger charge is -2.23. The van der Waals surface area contributed by atoms with Crippen molar-refractivity contribution in [3.8, 4) is 11.4 Å². The molecule has 0 amide bonds. The summed E-state index contributed by atoms with van der Waals surface area (Å²) in [4.78, 5) is 13.3. The molecule has 150 valence electrons. The number of anilines is 2. The highest BCUT2D eigenvalue weighted by Crippen LogP contribution is 2.24. The second kappa shape index (κ2) is 7.21. The van der Waals surface area contributed by atoms with Gasteiger partial charge in [-0.25, -0.2) is 15.0 Å². The molecule has 4 rings (SSSR count). The third-order valence-electron chi connectivity index (χ3n) is 4.20.